The molecule has 8 nitrogen and oxygen atoms in total. The van der Waals surface area contributed by atoms with Gasteiger partial charge in [0.2, 0.25) is 10.0 Å². The predicted molar refractivity (Wildman–Crippen MR) is 93.0 cm³/mol. The summed E-state index contributed by atoms with van der Waals surface area (Å²) in [6.45, 7) is 0. The second-order valence-electron chi connectivity index (χ2n) is 5.83. The van der Waals surface area contributed by atoms with Gasteiger partial charge in [0.1, 0.15) is 0 Å². The first-order valence-electron chi connectivity index (χ1n) is 7.50. The molecule has 0 bridgehead atoms. The van der Waals surface area contributed by atoms with Gasteiger partial charge in [-0.15, -0.1) is 0 Å². The first-order valence-corrected chi connectivity index (χ1v) is 8.94. The Morgan fingerprint density at radius 1 is 1.00 bits per heavy atom. The van der Waals surface area contributed by atoms with Gasteiger partial charge in [-0.25, -0.2) is 17.6 Å². The van der Waals surface area contributed by atoms with Crippen LogP contribution in [0.25, 0.3) is 0 Å². The summed E-state index contributed by atoms with van der Waals surface area (Å²) >= 11 is 0. The summed E-state index contributed by atoms with van der Waals surface area (Å²) in [5.41, 5.74) is 5.93. The second-order valence-corrected chi connectivity index (χ2v) is 7.98. The van der Waals surface area contributed by atoms with Gasteiger partial charge >= 0.3 is 0 Å². The van der Waals surface area contributed by atoms with Crippen molar-refractivity contribution >= 4 is 33.4 Å². The molecule has 3 rings (SSSR count). The third kappa shape index (κ3) is 2.57. The number of amides is 3. The Kier molecular flexibility index (Phi) is 4.13. The number of nitrogens with zero attached hydrogens (tertiary/aromatic N) is 2. The van der Waals surface area contributed by atoms with E-state index in [0.29, 0.717) is 4.90 Å². The molecule has 134 valence electrons. The number of carbonyl (C=O) groups excluding carboxylic acids is 3. The number of sulfonamides is 1. The molecule has 26 heavy (non-hydrogen) atoms. The van der Waals surface area contributed by atoms with Crippen molar-refractivity contribution in [2.24, 2.45) is 0 Å². The Morgan fingerprint density at radius 3 is 2.15 bits per heavy atom. The zero-order valence-electron chi connectivity index (χ0n) is 14.0. The van der Waals surface area contributed by atoms with Gasteiger partial charge < -0.3 is 5.73 Å². The topological polar surface area (TPSA) is 118 Å². The first kappa shape index (κ1) is 17.8. The number of hydrogen-bond donors (Lipinski definition) is 1. The van der Waals surface area contributed by atoms with Crippen LogP contribution in [-0.4, -0.2) is 49.4 Å². The van der Waals surface area contributed by atoms with Crippen molar-refractivity contribution in [3.63, 3.8) is 0 Å². The molecule has 1 aliphatic rings. The van der Waals surface area contributed by atoms with Crippen LogP contribution < -0.4 is 5.73 Å². The van der Waals surface area contributed by atoms with Gasteiger partial charge in [-0.3, -0.25) is 14.4 Å². The Hall–Kier alpha value is -3.04. The molecule has 3 amide bonds. The second kappa shape index (κ2) is 6.04. The molecule has 9 heteroatoms. The van der Waals surface area contributed by atoms with Gasteiger partial charge in [0.05, 0.1) is 16.0 Å². The molecule has 2 aromatic rings. The van der Waals surface area contributed by atoms with Crippen molar-refractivity contribution < 1.29 is 22.8 Å². The highest BCUT2D eigenvalue weighted by Crippen LogP contribution is 2.29. The van der Waals surface area contributed by atoms with E-state index in [1.165, 1.54) is 56.6 Å². The lowest BCUT2D eigenvalue weighted by Crippen LogP contribution is -2.36. The smallest absolute Gasteiger partial charge is 0.270 e. The van der Waals surface area contributed by atoms with Crippen molar-refractivity contribution in [1.29, 1.82) is 0 Å². The summed E-state index contributed by atoms with van der Waals surface area (Å²) in [5, 5.41) is 0. The predicted octanol–water partition coefficient (Wildman–Crippen LogP) is 0.956. The molecule has 0 atom stereocenters. The average Bonchev–Trinajstić information content (AvgIpc) is 2.86. The van der Waals surface area contributed by atoms with Crippen molar-refractivity contribution in [3.8, 4) is 0 Å². The lowest BCUT2D eigenvalue weighted by atomic mass is 10.1. The normalized spacial score (nSPS) is 14.0. The molecule has 0 saturated heterocycles. The third-order valence-corrected chi connectivity index (χ3v) is 5.86. The van der Waals surface area contributed by atoms with Gasteiger partial charge in [0, 0.05) is 25.3 Å². The summed E-state index contributed by atoms with van der Waals surface area (Å²) in [5.74, 6) is -2.39. The Labute approximate surface area is 149 Å². The van der Waals surface area contributed by atoms with E-state index in [9.17, 15) is 22.8 Å². The molecule has 0 unspecified atom stereocenters. The number of benzene rings is 2. The number of imide groups is 3. The van der Waals surface area contributed by atoms with Crippen LogP contribution >= 0.6 is 0 Å². The molecule has 0 aromatic heterocycles. The van der Waals surface area contributed by atoms with E-state index >= 15 is 0 Å². The zero-order chi connectivity index (χ0) is 19.2. The van der Waals surface area contributed by atoms with Gasteiger partial charge in [-0.1, -0.05) is 6.07 Å². The van der Waals surface area contributed by atoms with E-state index in [1.807, 2.05) is 0 Å². The molecule has 1 heterocycles. The highest BCUT2D eigenvalue weighted by molar-refractivity contribution is 7.89. The van der Waals surface area contributed by atoms with Gasteiger partial charge in [-0.05, 0) is 36.4 Å². The van der Waals surface area contributed by atoms with Crippen LogP contribution in [-0.2, 0) is 10.0 Å². The van der Waals surface area contributed by atoms with Crippen molar-refractivity contribution in [1.82, 2.24) is 9.21 Å². The van der Waals surface area contributed by atoms with Gasteiger partial charge in [0.15, 0.2) is 0 Å². The highest BCUT2D eigenvalue weighted by Gasteiger charge is 2.41. The molecule has 2 N–H and O–H groups in total. The van der Waals surface area contributed by atoms with E-state index in [0.717, 1.165) is 4.31 Å². The zero-order valence-corrected chi connectivity index (χ0v) is 14.8. The van der Waals surface area contributed by atoms with Crippen molar-refractivity contribution in [3.05, 3.63) is 59.2 Å². The first-order chi connectivity index (χ1) is 12.2. The molecule has 1 aliphatic heterocycles. The fraction of sp³-hybridized carbons (Fsp3) is 0.118. The largest absolute Gasteiger partial charge is 0.398 e. The molecule has 0 saturated carbocycles. The van der Waals surface area contributed by atoms with Gasteiger partial charge in [-0.2, -0.15) is 0 Å². The van der Waals surface area contributed by atoms with E-state index in [-0.39, 0.29) is 27.3 Å². The average molecular weight is 373 g/mol. The van der Waals surface area contributed by atoms with Crippen LogP contribution in [0.1, 0.15) is 31.1 Å². The summed E-state index contributed by atoms with van der Waals surface area (Å²) < 4.78 is 25.2. The lowest BCUT2D eigenvalue weighted by Gasteiger charge is -2.14. The van der Waals surface area contributed by atoms with Crippen molar-refractivity contribution in [2.75, 3.05) is 19.8 Å². The molecule has 0 fully saturated rings. The van der Waals surface area contributed by atoms with Crippen LogP contribution in [0.2, 0.25) is 0 Å². The molecule has 2 aromatic carbocycles. The van der Waals surface area contributed by atoms with E-state index < -0.39 is 27.7 Å². The minimum atomic E-state index is -3.65. The number of hydrogen-bond acceptors (Lipinski definition) is 6. The molecule has 0 radical (unpaired) electrons. The molecular weight excluding hydrogens is 358 g/mol. The minimum absolute atomic E-state index is 0.00217. The highest BCUT2D eigenvalue weighted by atomic mass is 32.2. The summed E-state index contributed by atoms with van der Waals surface area (Å²) in [7, 11) is -0.878. The fourth-order valence-corrected chi connectivity index (χ4v) is 3.51. The van der Waals surface area contributed by atoms with E-state index in [4.69, 9.17) is 5.73 Å². The number of carbonyl (C=O) groups is 3. The fourth-order valence-electron chi connectivity index (χ4n) is 2.61. The summed E-state index contributed by atoms with van der Waals surface area (Å²) in [6.07, 6.45) is 0. The Balaban J connectivity index is 1.95. The number of nitrogens with two attached hydrogens (primary N) is 1. The summed E-state index contributed by atoms with van der Waals surface area (Å²) in [4.78, 5) is 38.0. The van der Waals surface area contributed by atoms with Crippen LogP contribution in [0, 0.1) is 0 Å². The van der Waals surface area contributed by atoms with Crippen LogP contribution in [0.5, 0.6) is 0 Å². The maximum atomic E-state index is 12.6. The summed E-state index contributed by atoms with van der Waals surface area (Å²) in [6, 6.07) is 9.42. The van der Waals surface area contributed by atoms with Crippen LogP contribution in [0.15, 0.2) is 47.4 Å². The Bertz CT molecular complexity index is 1040. The quantitative estimate of drug-likeness (QED) is 0.632. The number of nitrogen functional groups attached to an aromatic ring is 1. The van der Waals surface area contributed by atoms with E-state index in [1.54, 1.807) is 0 Å². The van der Waals surface area contributed by atoms with Crippen LogP contribution in [0.4, 0.5) is 5.69 Å². The molecule has 0 spiro atoms. The monoisotopic (exact) mass is 373 g/mol. The third-order valence-electron chi connectivity index (χ3n) is 4.03. The molecule has 0 aliphatic carbocycles. The van der Waals surface area contributed by atoms with E-state index in [2.05, 4.69) is 0 Å². The number of fused-ring (bicyclic) bond motifs is 1. The van der Waals surface area contributed by atoms with Crippen molar-refractivity contribution in [2.45, 2.75) is 4.90 Å². The standard InChI is InChI=1S/C17H15N3O5S/c1-19(2)26(24,25)11-8-6-10(7-9-11)15(21)20-16(22)12-4-3-5-13(18)14(12)17(20)23/h3-9H,18H2,1-2H3. The van der Waals surface area contributed by atoms with Crippen LogP contribution in [0.3, 0.4) is 0 Å². The minimum Gasteiger partial charge on any atom is -0.398 e. The maximum Gasteiger partial charge on any atom is 0.270 e. The number of rotatable bonds is 3. The SMILES string of the molecule is CN(C)S(=O)(=O)c1ccc(C(=O)N2C(=O)c3cccc(N)c3C2=O)cc1. The number of anilines is 1. The molecular formula is C17H15N3O5S. The Morgan fingerprint density at radius 2 is 1.62 bits per heavy atom. The lowest BCUT2D eigenvalue weighted by molar-refractivity contribution is 0.0566. The van der Waals surface area contributed by atoms with Gasteiger partial charge in [0.25, 0.3) is 17.7 Å². The maximum absolute atomic E-state index is 12.6.